The Balaban J connectivity index is 3.36. The standard InChI is InChI=1S/C11H23ClO/c1-4-13-7-5-6-11(9-12)8-10(2)3/h10-11H,4-9H2,1-3H3. The van der Waals surface area contributed by atoms with Gasteiger partial charge in [-0.3, -0.25) is 0 Å². The van der Waals surface area contributed by atoms with Crippen LogP contribution in [0.1, 0.15) is 40.0 Å². The van der Waals surface area contributed by atoms with Crippen LogP contribution in [0.5, 0.6) is 0 Å². The maximum absolute atomic E-state index is 5.88. The van der Waals surface area contributed by atoms with Crippen molar-refractivity contribution < 1.29 is 4.74 Å². The molecule has 0 saturated carbocycles. The summed E-state index contributed by atoms with van der Waals surface area (Å²) in [4.78, 5) is 0. The van der Waals surface area contributed by atoms with Gasteiger partial charge in [0.2, 0.25) is 0 Å². The van der Waals surface area contributed by atoms with E-state index in [4.69, 9.17) is 16.3 Å². The quantitative estimate of drug-likeness (QED) is 0.435. The monoisotopic (exact) mass is 206 g/mol. The summed E-state index contributed by atoms with van der Waals surface area (Å²) < 4.78 is 5.29. The molecular weight excluding hydrogens is 184 g/mol. The number of halogens is 1. The second-order valence-corrected chi connectivity index (χ2v) is 4.30. The number of rotatable bonds is 8. The maximum atomic E-state index is 5.88. The van der Waals surface area contributed by atoms with Crippen LogP contribution in [-0.2, 0) is 4.74 Å². The third-order valence-corrected chi connectivity index (χ3v) is 2.56. The molecule has 1 nitrogen and oxygen atoms in total. The van der Waals surface area contributed by atoms with Crippen LogP contribution in [0, 0.1) is 11.8 Å². The largest absolute Gasteiger partial charge is 0.382 e. The molecule has 0 rings (SSSR count). The van der Waals surface area contributed by atoms with Crippen LogP contribution in [0.15, 0.2) is 0 Å². The van der Waals surface area contributed by atoms with E-state index in [0.29, 0.717) is 5.92 Å². The van der Waals surface area contributed by atoms with Gasteiger partial charge >= 0.3 is 0 Å². The first kappa shape index (κ1) is 13.2. The Hall–Kier alpha value is 0.250. The second-order valence-electron chi connectivity index (χ2n) is 3.99. The summed E-state index contributed by atoms with van der Waals surface area (Å²) in [6.45, 7) is 8.26. The Morgan fingerprint density at radius 3 is 2.46 bits per heavy atom. The Bertz CT molecular complexity index is 104. The highest BCUT2D eigenvalue weighted by Crippen LogP contribution is 2.18. The molecule has 0 spiro atoms. The molecule has 2 heteroatoms. The highest BCUT2D eigenvalue weighted by atomic mass is 35.5. The number of hydrogen-bond acceptors (Lipinski definition) is 1. The summed E-state index contributed by atoms with van der Waals surface area (Å²) in [5, 5.41) is 0. The zero-order valence-corrected chi connectivity index (χ0v) is 9.94. The van der Waals surface area contributed by atoms with E-state index in [2.05, 4.69) is 13.8 Å². The molecule has 80 valence electrons. The van der Waals surface area contributed by atoms with Crippen molar-refractivity contribution in [1.29, 1.82) is 0 Å². The molecule has 0 bridgehead atoms. The lowest BCUT2D eigenvalue weighted by Crippen LogP contribution is -2.08. The van der Waals surface area contributed by atoms with Crippen molar-refractivity contribution in [2.75, 3.05) is 19.1 Å². The molecule has 0 fully saturated rings. The van der Waals surface area contributed by atoms with Gasteiger partial charge in [-0.05, 0) is 38.0 Å². The van der Waals surface area contributed by atoms with E-state index in [-0.39, 0.29) is 0 Å². The van der Waals surface area contributed by atoms with Crippen molar-refractivity contribution in [3.8, 4) is 0 Å². The summed E-state index contributed by atoms with van der Waals surface area (Å²) in [5.74, 6) is 2.24. The summed E-state index contributed by atoms with van der Waals surface area (Å²) in [6.07, 6.45) is 3.61. The van der Waals surface area contributed by atoms with Crippen molar-refractivity contribution in [2.24, 2.45) is 11.8 Å². The first-order valence-corrected chi connectivity index (χ1v) is 5.87. The van der Waals surface area contributed by atoms with Crippen LogP contribution in [0.2, 0.25) is 0 Å². The van der Waals surface area contributed by atoms with Gasteiger partial charge in [0.05, 0.1) is 0 Å². The van der Waals surface area contributed by atoms with Gasteiger partial charge in [0, 0.05) is 19.1 Å². The Labute approximate surface area is 87.8 Å². The molecule has 0 amide bonds. The minimum Gasteiger partial charge on any atom is -0.382 e. The molecular formula is C11H23ClO. The molecule has 0 radical (unpaired) electrons. The minimum absolute atomic E-state index is 0.683. The lowest BCUT2D eigenvalue weighted by atomic mass is 9.95. The highest BCUT2D eigenvalue weighted by Gasteiger charge is 2.08. The number of hydrogen-bond donors (Lipinski definition) is 0. The Morgan fingerprint density at radius 2 is 2.00 bits per heavy atom. The molecule has 13 heavy (non-hydrogen) atoms. The van der Waals surface area contributed by atoms with Gasteiger partial charge in [-0.2, -0.15) is 0 Å². The normalized spacial score (nSPS) is 13.6. The first-order valence-electron chi connectivity index (χ1n) is 5.34. The smallest absolute Gasteiger partial charge is 0.0466 e. The van der Waals surface area contributed by atoms with Crippen molar-refractivity contribution >= 4 is 11.6 Å². The molecule has 0 aliphatic heterocycles. The SMILES string of the molecule is CCOCCCC(CCl)CC(C)C. The predicted octanol–water partition coefficient (Wildman–Crippen LogP) is 3.70. The van der Waals surface area contributed by atoms with Gasteiger partial charge in [0.25, 0.3) is 0 Å². The predicted molar refractivity (Wildman–Crippen MR) is 59.4 cm³/mol. The highest BCUT2D eigenvalue weighted by molar-refractivity contribution is 6.18. The fourth-order valence-electron chi connectivity index (χ4n) is 1.54. The molecule has 0 aromatic carbocycles. The molecule has 0 saturated heterocycles. The van der Waals surface area contributed by atoms with Crippen LogP contribution in [0.25, 0.3) is 0 Å². The zero-order valence-electron chi connectivity index (χ0n) is 9.18. The summed E-state index contributed by atoms with van der Waals surface area (Å²) in [6, 6.07) is 0. The van der Waals surface area contributed by atoms with Gasteiger partial charge in [-0.25, -0.2) is 0 Å². The van der Waals surface area contributed by atoms with Crippen molar-refractivity contribution in [2.45, 2.75) is 40.0 Å². The first-order chi connectivity index (χ1) is 6.20. The molecule has 0 aromatic heterocycles. The average molecular weight is 207 g/mol. The third-order valence-electron chi connectivity index (χ3n) is 2.13. The number of ether oxygens (including phenoxy) is 1. The van der Waals surface area contributed by atoms with Crippen LogP contribution < -0.4 is 0 Å². The number of alkyl halides is 1. The van der Waals surface area contributed by atoms with Crippen LogP contribution in [0.3, 0.4) is 0 Å². The van der Waals surface area contributed by atoms with E-state index in [9.17, 15) is 0 Å². The summed E-state index contributed by atoms with van der Waals surface area (Å²) in [5.41, 5.74) is 0. The maximum Gasteiger partial charge on any atom is 0.0466 e. The second kappa shape index (κ2) is 8.83. The Morgan fingerprint density at radius 1 is 1.31 bits per heavy atom. The van der Waals surface area contributed by atoms with Crippen molar-refractivity contribution in [3.05, 3.63) is 0 Å². The molecule has 1 atom stereocenters. The van der Waals surface area contributed by atoms with Gasteiger partial charge in [0.15, 0.2) is 0 Å². The Kier molecular flexibility index (Phi) is 9.00. The molecule has 0 aromatic rings. The topological polar surface area (TPSA) is 9.23 Å². The fraction of sp³-hybridized carbons (Fsp3) is 1.00. The third kappa shape index (κ3) is 8.58. The van der Waals surface area contributed by atoms with Crippen LogP contribution in [0.4, 0.5) is 0 Å². The van der Waals surface area contributed by atoms with Crippen LogP contribution in [-0.4, -0.2) is 19.1 Å². The van der Waals surface area contributed by atoms with Gasteiger partial charge in [0.1, 0.15) is 0 Å². The fourth-order valence-corrected chi connectivity index (χ4v) is 1.82. The molecule has 1 unspecified atom stereocenters. The van der Waals surface area contributed by atoms with Gasteiger partial charge < -0.3 is 4.74 Å². The van der Waals surface area contributed by atoms with Gasteiger partial charge in [-0.1, -0.05) is 13.8 Å². The van der Waals surface area contributed by atoms with Crippen molar-refractivity contribution in [3.63, 3.8) is 0 Å². The molecule has 0 aliphatic carbocycles. The minimum atomic E-state index is 0.683. The van der Waals surface area contributed by atoms with Crippen LogP contribution >= 0.6 is 11.6 Å². The zero-order chi connectivity index (χ0) is 10.1. The van der Waals surface area contributed by atoms with Gasteiger partial charge in [-0.15, -0.1) is 11.6 Å². The van der Waals surface area contributed by atoms with E-state index < -0.39 is 0 Å². The van der Waals surface area contributed by atoms with E-state index >= 15 is 0 Å². The average Bonchev–Trinajstić information content (AvgIpc) is 2.09. The summed E-state index contributed by atoms with van der Waals surface area (Å²) in [7, 11) is 0. The lowest BCUT2D eigenvalue weighted by molar-refractivity contribution is 0.139. The van der Waals surface area contributed by atoms with E-state index in [1.165, 1.54) is 12.8 Å². The molecule has 0 N–H and O–H groups in total. The summed E-state index contributed by atoms with van der Waals surface area (Å²) >= 11 is 5.88. The molecule has 0 heterocycles. The molecule has 0 aliphatic rings. The van der Waals surface area contributed by atoms with E-state index in [0.717, 1.165) is 31.4 Å². The van der Waals surface area contributed by atoms with Crippen molar-refractivity contribution in [1.82, 2.24) is 0 Å². The van der Waals surface area contributed by atoms with E-state index in [1.807, 2.05) is 6.92 Å². The van der Waals surface area contributed by atoms with E-state index in [1.54, 1.807) is 0 Å². The lowest BCUT2D eigenvalue weighted by Gasteiger charge is -2.15.